The predicted octanol–water partition coefficient (Wildman–Crippen LogP) is 4.41. The van der Waals surface area contributed by atoms with Crippen LogP contribution in [0.5, 0.6) is 0 Å². The van der Waals surface area contributed by atoms with Gasteiger partial charge in [-0.1, -0.05) is 36.7 Å². The van der Waals surface area contributed by atoms with Crippen LogP contribution in [0.2, 0.25) is 0 Å². The van der Waals surface area contributed by atoms with E-state index < -0.39 is 0 Å². The molecule has 0 aliphatic heterocycles. The van der Waals surface area contributed by atoms with Crippen LogP contribution in [-0.4, -0.2) is 11.9 Å². The average molecular weight is 355 g/mol. The van der Waals surface area contributed by atoms with Gasteiger partial charge in [0.2, 0.25) is 0 Å². The molecule has 3 N–H and O–H groups in total. The summed E-state index contributed by atoms with van der Waals surface area (Å²) in [4.78, 5) is 13.0. The third-order valence-electron chi connectivity index (χ3n) is 3.46. The quantitative estimate of drug-likeness (QED) is 0.854. The third kappa shape index (κ3) is 2.99. The summed E-state index contributed by atoms with van der Waals surface area (Å²) in [5.74, 6) is 0.342. The highest BCUT2D eigenvalue weighted by Crippen LogP contribution is 2.35. The Labute approximate surface area is 131 Å². The summed E-state index contributed by atoms with van der Waals surface area (Å²) in [5.41, 5.74) is 6.70. The SMILES string of the molecule is CCC(NC(=O)c1sc2ccc(Br)cc2c1N)C(C)C. The Kier molecular flexibility index (Phi) is 4.70. The van der Waals surface area contributed by atoms with Gasteiger partial charge in [0, 0.05) is 20.6 Å². The zero-order chi connectivity index (χ0) is 14.9. The van der Waals surface area contributed by atoms with E-state index in [1.54, 1.807) is 0 Å². The van der Waals surface area contributed by atoms with Crippen LogP contribution in [-0.2, 0) is 0 Å². The molecule has 2 aromatic rings. The number of benzene rings is 1. The van der Waals surface area contributed by atoms with Crippen molar-refractivity contribution in [3.8, 4) is 0 Å². The van der Waals surface area contributed by atoms with Gasteiger partial charge in [-0.3, -0.25) is 4.79 Å². The molecule has 1 unspecified atom stereocenters. The third-order valence-corrected chi connectivity index (χ3v) is 5.13. The molecule has 0 saturated heterocycles. The van der Waals surface area contributed by atoms with Crippen molar-refractivity contribution in [2.24, 2.45) is 5.92 Å². The maximum Gasteiger partial charge on any atom is 0.263 e. The van der Waals surface area contributed by atoms with Gasteiger partial charge in [0.25, 0.3) is 5.91 Å². The number of nitrogens with two attached hydrogens (primary N) is 1. The number of amides is 1. The zero-order valence-electron chi connectivity index (χ0n) is 11.9. The van der Waals surface area contributed by atoms with E-state index >= 15 is 0 Å². The van der Waals surface area contributed by atoms with Crippen molar-refractivity contribution in [2.75, 3.05) is 5.73 Å². The van der Waals surface area contributed by atoms with Crippen LogP contribution in [0.15, 0.2) is 22.7 Å². The molecule has 1 amide bonds. The average Bonchev–Trinajstić information content (AvgIpc) is 2.73. The van der Waals surface area contributed by atoms with Gasteiger partial charge >= 0.3 is 0 Å². The van der Waals surface area contributed by atoms with Crippen molar-refractivity contribution >= 4 is 48.9 Å². The minimum Gasteiger partial charge on any atom is -0.397 e. The molecule has 0 fully saturated rings. The smallest absolute Gasteiger partial charge is 0.263 e. The molecule has 1 heterocycles. The van der Waals surface area contributed by atoms with Crippen LogP contribution in [0, 0.1) is 5.92 Å². The second kappa shape index (κ2) is 6.14. The molecule has 1 atom stereocenters. The first-order valence-electron chi connectivity index (χ1n) is 6.72. The van der Waals surface area contributed by atoms with Gasteiger partial charge in [0.15, 0.2) is 0 Å². The standard InChI is InChI=1S/C15H19BrN2OS/c1-4-11(8(2)3)18-15(19)14-13(17)10-7-9(16)5-6-12(10)20-14/h5-8,11H,4,17H2,1-3H3,(H,18,19). The van der Waals surface area contributed by atoms with E-state index in [2.05, 4.69) is 42.0 Å². The maximum atomic E-state index is 12.4. The highest BCUT2D eigenvalue weighted by molar-refractivity contribution is 9.10. The first-order chi connectivity index (χ1) is 9.43. The lowest BCUT2D eigenvalue weighted by molar-refractivity contribution is 0.0929. The fourth-order valence-corrected chi connectivity index (χ4v) is 3.60. The molecule has 5 heteroatoms. The second-order valence-corrected chi connectivity index (χ2v) is 7.19. The Bertz CT molecular complexity index is 636. The van der Waals surface area contributed by atoms with Gasteiger partial charge in [-0.2, -0.15) is 0 Å². The van der Waals surface area contributed by atoms with E-state index in [-0.39, 0.29) is 11.9 Å². The molecule has 0 radical (unpaired) electrons. The fourth-order valence-electron chi connectivity index (χ4n) is 2.23. The molecule has 1 aromatic carbocycles. The maximum absolute atomic E-state index is 12.4. The largest absolute Gasteiger partial charge is 0.397 e. The van der Waals surface area contributed by atoms with Gasteiger partial charge in [0.1, 0.15) is 4.88 Å². The van der Waals surface area contributed by atoms with Crippen molar-refractivity contribution in [1.29, 1.82) is 0 Å². The number of hydrogen-bond donors (Lipinski definition) is 2. The Balaban J connectivity index is 2.33. The van der Waals surface area contributed by atoms with Crippen molar-refractivity contribution in [2.45, 2.75) is 33.2 Å². The predicted molar refractivity (Wildman–Crippen MR) is 90.3 cm³/mol. The summed E-state index contributed by atoms with van der Waals surface area (Å²) in [6.07, 6.45) is 0.916. The minimum atomic E-state index is -0.0691. The number of nitrogen functional groups attached to an aromatic ring is 1. The summed E-state index contributed by atoms with van der Waals surface area (Å²) < 4.78 is 2.00. The number of nitrogens with one attached hydrogen (secondary N) is 1. The number of carbonyl (C=O) groups is 1. The van der Waals surface area contributed by atoms with Gasteiger partial charge in [0.05, 0.1) is 5.69 Å². The Morgan fingerprint density at radius 1 is 1.45 bits per heavy atom. The number of rotatable bonds is 4. The number of carbonyl (C=O) groups excluding carboxylic acids is 1. The van der Waals surface area contributed by atoms with Gasteiger partial charge in [-0.05, 0) is 30.5 Å². The number of thiophene rings is 1. The molecule has 1 aromatic heterocycles. The molecule has 2 rings (SSSR count). The summed E-state index contributed by atoms with van der Waals surface area (Å²) in [7, 11) is 0. The highest BCUT2D eigenvalue weighted by atomic mass is 79.9. The Morgan fingerprint density at radius 2 is 2.15 bits per heavy atom. The summed E-state index contributed by atoms with van der Waals surface area (Å²) in [5, 5.41) is 4.02. The van der Waals surface area contributed by atoms with Crippen LogP contribution >= 0.6 is 27.3 Å². The fraction of sp³-hybridized carbons (Fsp3) is 0.400. The number of anilines is 1. The lowest BCUT2D eigenvalue weighted by atomic mass is 10.0. The number of halogens is 1. The minimum absolute atomic E-state index is 0.0691. The van der Waals surface area contributed by atoms with Gasteiger partial charge < -0.3 is 11.1 Å². The summed E-state index contributed by atoms with van der Waals surface area (Å²) in [6.45, 7) is 6.30. The summed E-state index contributed by atoms with van der Waals surface area (Å²) in [6, 6.07) is 6.08. The lowest BCUT2D eigenvalue weighted by Crippen LogP contribution is -2.37. The number of hydrogen-bond acceptors (Lipinski definition) is 3. The first kappa shape index (κ1) is 15.3. The van der Waals surface area contributed by atoms with Crippen molar-refractivity contribution in [3.05, 3.63) is 27.5 Å². The van der Waals surface area contributed by atoms with E-state index in [1.807, 2.05) is 18.2 Å². The molecule has 0 aliphatic rings. The van der Waals surface area contributed by atoms with Crippen LogP contribution in [0.25, 0.3) is 10.1 Å². The van der Waals surface area contributed by atoms with E-state index in [4.69, 9.17) is 5.73 Å². The van der Waals surface area contributed by atoms with Crippen molar-refractivity contribution in [1.82, 2.24) is 5.32 Å². The molecule has 0 saturated carbocycles. The van der Waals surface area contributed by atoms with E-state index in [1.165, 1.54) is 11.3 Å². The summed E-state index contributed by atoms with van der Waals surface area (Å²) >= 11 is 4.88. The lowest BCUT2D eigenvalue weighted by Gasteiger charge is -2.20. The van der Waals surface area contributed by atoms with E-state index in [0.717, 1.165) is 21.0 Å². The Morgan fingerprint density at radius 3 is 2.75 bits per heavy atom. The molecule has 20 heavy (non-hydrogen) atoms. The molecule has 0 bridgehead atoms. The topological polar surface area (TPSA) is 55.1 Å². The van der Waals surface area contributed by atoms with E-state index in [0.29, 0.717) is 16.5 Å². The van der Waals surface area contributed by atoms with Crippen LogP contribution in [0.1, 0.15) is 36.9 Å². The molecule has 108 valence electrons. The number of fused-ring (bicyclic) bond motifs is 1. The van der Waals surface area contributed by atoms with Crippen LogP contribution in [0.4, 0.5) is 5.69 Å². The monoisotopic (exact) mass is 354 g/mol. The van der Waals surface area contributed by atoms with Crippen molar-refractivity contribution < 1.29 is 4.79 Å². The van der Waals surface area contributed by atoms with Gasteiger partial charge in [-0.15, -0.1) is 11.3 Å². The molecule has 0 aliphatic carbocycles. The zero-order valence-corrected chi connectivity index (χ0v) is 14.3. The highest BCUT2D eigenvalue weighted by Gasteiger charge is 2.20. The van der Waals surface area contributed by atoms with E-state index in [9.17, 15) is 4.79 Å². The second-order valence-electron chi connectivity index (χ2n) is 5.22. The normalized spacial score (nSPS) is 12.8. The molecule has 0 spiro atoms. The molecule has 3 nitrogen and oxygen atoms in total. The molecular weight excluding hydrogens is 336 g/mol. The van der Waals surface area contributed by atoms with Crippen LogP contribution < -0.4 is 11.1 Å². The van der Waals surface area contributed by atoms with Gasteiger partial charge in [-0.25, -0.2) is 0 Å². The molecular formula is C15H19BrN2OS. The first-order valence-corrected chi connectivity index (χ1v) is 8.33. The Hall–Kier alpha value is -1.07. The van der Waals surface area contributed by atoms with Crippen LogP contribution in [0.3, 0.4) is 0 Å². The van der Waals surface area contributed by atoms with Crippen molar-refractivity contribution in [3.63, 3.8) is 0 Å².